The molecule has 1 heterocycles. The number of methoxy groups -OCH3 is 2. The first kappa shape index (κ1) is 23.2. The fraction of sp³-hybridized carbons (Fsp3) is 0.360. The van der Waals surface area contributed by atoms with E-state index in [1.54, 1.807) is 19.2 Å². The normalized spacial score (nSPS) is 15.8. The van der Waals surface area contributed by atoms with E-state index in [-0.39, 0.29) is 11.9 Å². The summed E-state index contributed by atoms with van der Waals surface area (Å²) in [6.07, 6.45) is 0. The summed E-state index contributed by atoms with van der Waals surface area (Å²) in [7, 11) is 2.88. The highest BCUT2D eigenvalue weighted by molar-refractivity contribution is 5.95. The number of hydrogen-bond acceptors (Lipinski definition) is 5. The molecule has 0 fully saturated rings. The van der Waals surface area contributed by atoms with Crippen LogP contribution < -0.4 is 20.1 Å². The summed E-state index contributed by atoms with van der Waals surface area (Å²) in [6.45, 7) is 8.31. The van der Waals surface area contributed by atoms with Gasteiger partial charge in [0.2, 0.25) is 0 Å². The van der Waals surface area contributed by atoms with Crippen molar-refractivity contribution in [3.63, 3.8) is 0 Å². The first-order chi connectivity index (χ1) is 15.2. The van der Waals surface area contributed by atoms with E-state index in [2.05, 4.69) is 28.8 Å². The zero-order chi connectivity index (χ0) is 23.4. The molecule has 7 heteroatoms. The molecule has 0 spiro atoms. The molecule has 1 aliphatic heterocycles. The average Bonchev–Trinajstić information content (AvgIpc) is 2.78. The van der Waals surface area contributed by atoms with Crippen LogP contribution in [0.3, 0.4) is 0 Å². The average molecular weight is 439 g/mol. The van der Waals surface area contributed by atoms with Gasteiger partial charge in [0.25, 0.3) is 0 Å². The lowest BCUT2D eigenvalue weighted by atomic mass is 9.91. The van der Waals surface area contributed by atoms with Gasteiger partial charge in [0, 0.05) is 5.70 Å². The van der Waals surface area contributed by atoms with Crippen molar-refractivity contribution in [1.29, 1.82) is 0 Å². The second-order valence-electron chi connectivity index (χ2n) is 8.13. The highest BCUT2D eigenvalue weighted by Gasteiger charge is 2.34. The van der Waals surface area contributed by atoms with Crippen molar-refractivity contribution in [2.24, 2.45) is 5.92 Å². The van der Waals surface area contributed by atoms with Gasteiger partial charge >= 0.3 is 12.0 Å². The molecular weight excluding hydrogens is 408 g/mol. The van der Waals surface area contributed by atoms with Crippen molar-refractivity contribution in [3.05, 3.63) is 69.9 Å². The lowest BCUT2D eigenvalue weighted by Gasteiger charge is -2.31. The number of carbonyl (C=O) groups is 2. The van der Waals surface area contributed by atoms with Crippen molar-refractivity contribution in [2.75, 3.05) is 14.2 Å². The number of ether oxygens (including phenoxy) is 3. The highest BCUT2D eigenvalue weighted by atomic mass is 16.5. The Balaban J connectivity index is 1.94. The molecule has 0 bridgehead atoms. The summed E-state index contributed by atoms with van der Waals surface area (Å²) in [5.41, 5.74) is 5.01. The molecule has 3 rings (SSSR count). The van der Waals surface area contributed by atoms with Crippen LogP contribution in [0.25, 0.3) is 0 Å². The molecule has 1 unspecified atom stereocenters. The molecule has 170 valence electrons. The number of benzene rings is 2. The molecule has 1 atom stereocenters. The molecule has 0 saturated carbocycles. The van der Waals surface area contributed by atoms with E-state index in [9.17, 15) is 9.59 Å². The fourth-order valence-corrected chi connectivity index (χ4v) is 3.72. The van der Waals surface area contributed by atoms with Gasteiger partial charge in [-0.3, -0.25) is 0 Å². The van der Waals surface area contributed by atoms with E-state index >= 15 is 0 Å². The molecule has 0 aromatic heterocycles. The third-order valence-corrected chi connectivity index (χ3v) is 5.49. The van der Waals surface area contributed by atoms with E-state index in [4.69, 9.17) is 14.2 Å². The first-order valence-corrected chi connectivity index (χ1v) is 10.5. The van der Waals surface area contributed by atoms with Crippen molar-refractivity contribution < 1.29 is 23.8 Å². The van der Waals surface area contributed by atoms with Crippen LogP contribution in [0.1, 0.15) is 42.1 Å². The summed E-state index contributed by atoms with van der Waals surface area (Å²) in [6, 6.07) is 10.6. The minimum atomic E-state index is -0.671. The van der Waals surface area contributed by atoms with Crippen molar-refractivity contribution >= 4 is 12.0 Å². The van der Waals surface area contributed by atoms with E-state index in [0.717, 1.165) is 11.1 Å². The fourth-order valence-electron chi connectivity index (χ4n) is 3.72. The van der Waals surface area contributed by atoms with Gasteiger partial charge in [-0.25, -0.2) is 9.59 Å². The molecule has 0 aliphatic carbocycles. The zero-order valence-electron chi connectivity index (χ0n) is 19.4. The van der Waals surface area contributed by atoms with Gasteiger partial charge in [0.15, 0.2) is 11.5 Å². The van der Waals surface area contributed by atoms with Gasteiger partial charge < -0.3 is 24.8 Å². The van der Waals surface area contributed by atoms with Crippen LogP contribution in [0, 0.1) is 19.8 Å². The minimum Gasteiger partial charge on any atom is -0.493 e. The number of hydrogen-bond donors (Lipinski definition) is 2. The van der Waals surface area contributed by atoms with Crippen molar-refractivity contribution in [1.82, 2.24) is 10.6 Å². The molecule has 2 amide bonds. The summed E-state index contributed by atoms with van der Waals surface area (Å²) in [5.74, 6) is 0.515. The largest absolute Gasteiger partial charge is 0.493 e. The summed E-state index contributed by atoms with van der Waals surface area (Å²) in [5, 5.41) is 5.56. The molecule has 0 radical (unpaired) electrons. The second kappa shape index (κ2) is 9.77. The summed E-state index contributed by atoms with van der Waals surface area (Å²) >= 11 is 0. The van der Waals surface area contributed by atoms with Crippen LogP contribution >= 0.6 is 0 Å². The Morgan fingerprint density at radius 3 is 2.47 bits per heavy atom. The van der Waals surface area contributed by atoms with Crippen LogP contribution in [0.4, 0.5) is 4.79 Å². The highest BCUT2D eigenvalue weighted by Crippen LogP contribution is 2.36. The number of allylic oxidation sites excluding steroid dienone is 1. The lowest BCUT2D eigenvalue weighted by molar-refractivity contribution is -0.136. The Morgan fingerprint density at radius 2 is 1.81 bits per heavy atom. The first-order valence-electron chi connectivity index (χ1n) is 10.5. The number of esters is 1. The maximum atomic E-state index is 12.6. The zero-order valence-corrected chi connectivity index (χ0v) is 19.4. The van der Waals surface area contributed by atoms with Crippen LogP contribution in [-0.4, -0.2) is 26.2 Å². The number of amides is 2. The maximum absolute atomic E-state index is 12.6. The second-order valence-corrected chi connectivity index (χ2v) is 8.13. The minimum absolute atomic E-state index is 0.0697. The van der Waals surface area contributed by atoms with Crippen molar-refractivity contribution in [3.8, 4) is 11.5 Å². The smallest absolute Gasteiger partial charge is 0.337 e. The Morgan fingerprint density at radius 1 is 1.06 bits per heavy atom. The third-order valence-electron chi connectivity index (χ3n) is 5.49. The van der Waals surface area contributed by atoms with Gasteiger partial charge in [-0.2, -0.15) is 0 Å². The van der Waals surface area contributed by atoms with E-state index in [1.165, 1.54) is 12.7 Å². The van der Waals surface area contributed by atoms with E-state index in [0.29, 0.717) is 34.9 Å². The topological polar surface area (TPSA) is 85.9 Å². The van der Waals surface area contributed by atoms with E-state index < -0.39 is 12.0 Å². The van der Waals surface area contributed by atoms with E-state index in [1.807, 2.05) is 33.8 Å². The van der Waals surface area contributed by atoms with Gasteiger partial charge in [-0.15, -0.1) is 0 Å². The molecule has 7 nitrogen and oxygen atoms in total. The van der Waals surface area contributed by atoms with Crippen LogP contribution in [0.2, 0.25) is 0 Å². The van der Waals surface area contributed by atoms with Gasteiger partial charge in [-0.1, -0.05) is 43.7 Å². The predicted octanol–water partition coefficient (Wildman–Crippen LogP) is 4.33. The molecule has 1 aliphatic rings. The van der Waals surface area contributed by atoms with Crippen LogP contribution in [0.5, 0.6) is 11.5 Å². The Hall–Kier alpha value is -3.48. The Kier molecular flexibility index (Phi) is 7.08. The number of aryl methyl sites for hydroxylation is 2. The molecule has 32 heavy (non-hydrogen) atoms. The number of nitrogens with one attached hydrogen (secondary N) is 2. The van der Waals surface area contributed by atoms with Gasteiger partial charge in [-0.05, 0) is 48.6 Å². The lowest BCUT2D eigenvalue weighted by Crippen LogP contribution is -2.47. The molecule has 2 N–H and O–H groups in total. The SMILES string of the molecule is COC(=O)C1=C(C(C)C)NC(=O)NC1c1ccc(OCc2cc(C)ccc2C)c(OC)c1. The van der Waals surface area contributed by atoms with Gasteiger partial charge in [0.05, 0.1) is 25.8 Å². The molecule has 2 aromatic carbocycles. The Bertz CT molecular complexity index is 1060. The summed E-state index contributed by atoms with van der Waals surface area (Å²) < 4.78 is 16.6. The standard InChI is InChI=1S/C25H30N2O5/c1-14(2)22-21(24(28)31-6)23(27-25(29)26-22)17-9-10-19(20(12-17)30-5)32-13-18-11-15(3)7-8-16(18)4/h7-12,14,23H,13H2,1-6H3,(H2,26,27,29). The molecule has 2 aromatic rings. The number of urea groups is 1. The molecular formula is C25H30N2O5. The number of rotatable bonds is 7. The van der Waals surface area contributed by atoms with Gasteiger partial charge in [0.1, 0.15) is 6.61 Å². The quantitative estimate of drug-likeness (QED) is 0.629. The predicted molar refractivity (Wildman–Crippen MR) is 122 cm³/mol. The summed E-state index contributed by atoms with van der Waals surface area (Å²) in [4.78, 5) is 24.9. The Labute approximate surface area is 188 Å². The monoisotopic (exact) mass is 438 g/mol. The maximum Gasteiger partial charge on any atom is 0.337 e. The third kappa shape index (κ3) is 4.88. The van der Waals surface area contributed by atoms with Crippen LogP contribution in [0.15, 0.2) is 47.7 Å². The molecule has 0 saturated heterocycles. The van der Waals surface area contributed by atoms with Crippen LogP contribution in [-0.2, 0) is 16.1 Å². The van der Waals surface area contributed by atoms with Crippen molar-refractivity contribution in [2.45, 2.75) is 40.3 Å². The number of carbonyl (C=O) groups excluding carboxylic acids is 2.